The molecular formula is C12H12N2S2. The van der Waals surface area contributed by atoms with Crippen LogP contribution in [0.2, 0.25) is 0 Å². The monoisotopic (exact) mass is 248 g/mol. The quantitative estimate of drug-likeness (QED) is 0.682. The predicted molar refractivity (Wildman–Crippen MR) is 70.4 cm³/mol. The molecule has 3 rings (SSSR count). The molecule has 82 valence electrons. The molecule has 3 aromatic heterocycles. The number of nitrogens with zero attached hydrogens (tertiary/aromatic N) is 2. The Hall–Kier alpha value is -1.13. The number of rotatable bonds is 3. The van der Waals surface area contributed by atoms with Gasteiger partial charge in [-0.05, 0) is 17.9 Å². The van der Waals surface area contributed by atoms with Crippen molar-refractivity contribution in [1.29, 1.82) is 0 Å². The minimum Gasteiger partial charge on any atom is -0.297 e. The van der Waals surface area contributed by atoms with Crippen molar-refractivity contribution < 1.29 is 0 Å². The zero-order valence-electron chi connectivity index (χ0n) is 9.01. The van der Waals surface area contributed by atoms with Gasteiger partial charge in [-0.25, -0.2) is 4.98 Å². The standard InChI is InChI=1S/C12H12N2S2/c1-2-3-10-6-14-7-11(13-12(14)16-10)9-4-5-15-8-9/h4-8H,2-3H2,1H3. The van der Waals surface area contributed by atoms with E-state index in [-0.39, 0.29) is 0 Å². The summed E-state index contributed by atoms with van der Waals surface area (Å²) in [6.07, 6.45) is 6.67. The minimum absolute atomic E-state index is 1.08. The van der Waals surface area contributed by atoms with E-state index in [1.807, 2.05) is 0 Å². The maximum atomic E-state index is 4.65. The third-order valence-corrected chi connectivity index (χ3v) is 4.26. The first-order chi connectivity index (χ1) is 7.86. The molecule has 0 radical (unpaired) electrons. The van der Waals surface area contributed by atoms with Gasteiger partial charge in [-0.3, -0.25) is 4.40 Å². The van der Waals surface area contributed by atoms with Crippen LogP contribution in [0, 0.1) is 0 Å². The summed E-state index contributed by atoms with van der Waals surface area (Å²) in [5, 5.41) is 4.23. The lowest BCUT2D eigenvalue weighted by atomic mass is 10.3. The Balaban J connectivity index is 2.02. The van der Waals surface area contributed by atoms with Crippen molar-refractivity contribution in [3.8, 4) is 11.3 Å². The van der Waals surface area contributed by atoms with Crippen molar-refractivity contribution >= 4 is 27.6 Å². The molecule has 0 aliphatic carbocycles. The molecule has 3 aromatic rings. The molecule has 0 N–H and O–H groups in total. The molecule has 4 heteroatoms. The van der Waals surface area contributed by atoms with Gasteiger partial charge in [-0.1, -0.05) is 13.3 Å². The van der Waals surface area contributed by atoms with Crippen molar-refractivity contribution in [2.75, 3.05) is 0 Å². The molecule has 0 amide bonds. The molecule has 0 aromatic carbocycles. The lowest BCUT2D eigenvalue weighted by Crippen LogP contribution is -1.76. The third kappa shape index (κ3) is 1.68. The number of aromatic nitrogens is 2. The Morgan fingerprint density at radius 1 is 1.38 bits per heavy atom. The fourth-order valence-corrected chi connectivity index (χ4v) is 3.47. The highest BCUT2D eigenvalue weighted by Crippen LogP contribution is 2.25. The summed E-state index contributed by atoms with van der Waals surface area (Å²) in [5.74, 6) is 0. The number of fused-ring (bicyclic) bond motifs is 1. The van der Waals surface area contributed by atoms with Gasteiger partial charge in [0.25, 0.3) is 0 Å². The molecule has 0 spiro atoms. The molecule has 0 saturated heterocycles. The number of imidazole rings is 1. The maximum absolute atomic E-state index is 4.65. The van der Waals surface area contributed by atoms with Crippen molar-refractivity contribution in [1.82, 2.24) is 9.38 Å². The third-order valence-electron chi connectivity index (χ3n) is 2.52. The Labute approximate surface area is 102 Å². The van der Waals surface area contributed by atoms with Crippen LogP contribution in [0.1, 0.15) is 18.2 Å². The Kier molecular flexibility index (Phi) is 2.53. The lowest BCUT2D eigenvalue weighted by molar-refractivity contribution is 0.932. The van der Waals surface area contributed by atoms with Crippen LogP contribution in [0.4, 0.5) is 0 Å². The summed E-state index contributed by atoms with van der Waals surface area (Å²) in [6.45, 7) is 2.21. The van der Waals surface area contributed by atoms with Crippen molar-refractivity contribution in [3.63, 3.8) is 0 Å². The molecule has 0 bridgehead atoms. The van der Waals surface area contributed by atoms with E-state index in [1.54, 1.807) is 22.7 Å². The fraction of sp³-hybridized carbons (Fsp3) is 0.250. The largest absolute Gasteiger partial charge is 0.297 e. The van der Waals surface area contributed by atoms with Crippen LogP contribution in [0.25, 0.3) is 16.2 Å². The number of hydrogen-bond acceptors (Lipinski definition) is 3. The van der Waals surface area contributed by atoms with Gasteiger partial charge in [0, 0.05) is 28.2 Å². The highest BCUT2D eigenvalue weighted by atomic mass is 32.1. The second-order valence-electron chi connectivity index (χ2n) is 3.78. The summed E-state index contributed by atoms with van der Waals surface area (Å²) in [5.41, 5.74) is 2.30. The second kappa shape index (κ2) is 4.03. The first-order valence-electron chi connectivity index (χ1n) is 5.37. The zero-order chi connectivity index (χ0) is 11.0. The van der Waals surface area contributed by atoms with E-state index < -0.39 is 0 Å². The van der Waals surface area contributed by atoms with Gasteiger partial charge in [-0.15, -0.1) is 11.3 Å². The number of hydrogen-bond donors (Lipinski definition) is 0. The molecule has 0 aliphatic rings. The smallest absolute Gasteiger partial charge is 0.194 e. The molecule has 0 saturated carbocycles. The first-order valence-corrected chi connectivity index (χ1v) is 7.12. The van der Waals surface area contributed by atoms with Gasteiger partial charge >= 0.3 is 0 Å². The number of thiophene rings is 1. The molecule has 0 fully saturated rings. The van der Waals surface area contributed by atoms with Gasteiger partial charge in [-0.2, -0.15) is 11.3 Å². The van der Waals surface area contributed by atoms with Crippen LogP contribution in [0.3, 0.4) is 0 Å². The summed E-state index contributed by atoms with van der Waals surface area (Å²) in [4.78, 5) is 7.17. The predicted octanol–water partition coefficient (Wildman–Crippen LogP) is 4.08. The van der Waals surface area contributed by atoms with E-state index in [1.165, 1.54) is 16.9 Å². The van der Waals surface area contributed by atoms with E-state index in [4.69, 9.17) is 0 Å². The molecule has 16 heavy (non-hydrogen) atoms. The van der Waals surface area contributed by atoms with Crippen LogP contribution in [0.15, 0.2) is 29.2 Å². The van der Waals surface area contributed by atoms with Gasteiger partial charge in [0.05, 0.1) is 5.69 Å². The van der Waals surface area contributed by atoms with E-state index in [2.05, 4.69) is 45.5 Å². The average Bonchev–Trinajstić information content (AvgIpc) is 2.89. The van der Waals surface area contributed by atoms with Crippen LogP contribution in [0.5, 0.6) is 0 Å². The maximum Gasteiger partial charge on any atom is 0.194 e. The first kappa shape index (κ1) is 10.1. The molecular weight excluding hydrogens is 236 g/mol. The second-order valence-corrected chi connectivity index (χ2v) is 5.65. The van der Waals surface area contributed by atoms with Gasteiger partial charge in [0.1, 0.15) is 0 Å². The number of aryl methyl sites for hydroxylation is 1. The van der Waals surface area contributed by atoms with Crippen LogP contribution < -0.4 is 0 Å². The average molecular weight is 248 g/mol. The van der Waals surface area contributed by atoms with E-state index in [0.29, 0.717) is 0 Å². The zero-order valence-corrected chi connectivity index (χ0v) is 10.6. The normalized spacial score (nSPS) is 11.3. The van der Waals surface area contributed by atoms with E-state index >= 15 is 0 Å². The topological polar surface area (TPSA) is 17.3 Å². The molecule has 3 heterocycles. The Morgan fingerprint density at radius 3 is 3.00 bits per heavy atom. The van der Waals surface area contributed by atoms with E-state index in [0.717, 1.165) is 17.1 Å². The number of thiazole rings is 1. The molecule has 2 nitrogen and oxygen atoms in total. The lowest BCUT2D eigenvalue weighted by Gasteiger charge is -1.89. The van der Waals surface area contributed by atoms with Crippen molar-refractivity contribution in [2.45, 2.75) is 19.8 Å². The Bertz CT molecular complexity index is 558. The molecule has 0 aliphatic heterocycles. The Morgan fingerprint density at radius 2 is 2.31 bits per heavy atom. The minimum atomic E-state index is 1.08. The summed E-state index contributed by atoms with van der Waals surface area (Å²) < 4.78 is 2.14. The highest BCUT2D eigenvalue weighted by molar-refractivity contribution is 7.17. The van der Waals surface area contributed by atoms with Crippen molar-refractivity contribution in [3.05, 3.63) is 34.1 Å². The molecule has 0 atom stereocenters. The SMILES string of the molecule is CCCc1cn2cc(-c3ccsc3)nc2s1. The molecule has 0 unspecified atom stereocenters. The van der Waals surface area contributed by atoms with Crippen molar-refractivity contribution in [2.24, 2.45) is 0 Å². The highest BCUT2D eigenvalue weighted by Gasteiger charge is 2.07. The summed E-state index contributed by atoms with van der Waals surface area (Å²) in [7, 11) is 0. The fourth-order valence-electron chi connectivity index (χ4n) is 1.75. The van der Waals surface area contributed by atoms with Crippen LogP contribution >= 0.6 is 22.7 Å². The van der Waals surface area contributed by atoms with Gasteiger partial charge in [0.15, 0.2) is 4.96 Å². The van der Waals surface area contributed by atoms with Crippen LogP contribution in [-0.4, -0.2) is 9.38 Å². The summed E-state index contributed by atoms with van der Waals surface area (Å²) >= 11 is 3.51. The summed E-state index contributed by atoms with van der Waals surface area (Å²) in [6, 6.07) is 2.12. The van der Waals surface area contributed by atoms with Crippen LogP contribution in [-0.2, 0) is 6.42 Å². The van der Waals surface area contributed by atoms with Gasteiger partial charge in [0.2, 0.25) is 0 Å². The van der Waals surface area contributed by atoms with E-state index in [9.17, 15) is 0 Å². The van der Waals surface area contributed by atoms with Gasteiger partial charge < -0.3 is 0 Å².